The second-order valence-electron chi connectivity index (χ2n) is 9.27. The minimum atomic E-state index is -0.736. The molecule has 2 saturated heterocycles. The Balaban J connectivity index is 1.58. The smallest absolute Gasteiger partial charge is 0.255 e. The SMILES string of the molecule is CN(C)[C@@H]1C[C@@H](C(N)=O)N(C(=O)c2cccc(NC(=O)CN3CCOCC3)c2)[C@H]1c1ccccc1. The second-order valence-corrected chi connectivity index (χ2v) is 9.27. The Labute approximate surface area is 205 Å². The number of nitrogens with two attached hydrogens (primary N) is 1. The number of likely N-dealkylation sites (N-methyl/N-ethyl adjacent to an activating group) is 1. The number of morpholine rings is 1. The molecule has 2 aromatic carbocycles. The Hall–Kier alpha value is -3.27. The molecule has 0 radical (unpaired) electrons. The van der Waals surface area contributed by atoms with Crippen molar-refractivity contribution >= 4 is 23.4 Å². The van der Waals surface area contributed by atoms with Crippen molar-refractivity contribution in [1.82, 2.24) is 14.7 Å². The number of anilines is 1. The molecule has 2 heterocycles. The summed E-state index contributed by atoms with van der Waals surface area (Å²) >= 11 is 0. The van der Waals surface area contributed by atoms with Gasteiger partial charge in [-0.25, -0.2) is 0 Å². The summed E-state index contributed by atoms with van der Waals surface area (Å²) in [4.78, 5) is 44.5. The van der Waals surface area contributed by atoms with E-state index in [1.807, 2.05) is 54.2 Å². The van der Waals surface area contributed by atoms with E-state index in [0.29, 0.717) is 44.0 Å². The van der Waals surface area contributed by atoms with Crippen LogP contribution in [0.25, 0.3) is 0 Å². The number of amides is 3. The van der Waals surface area contributed by atoms with Gasteiger partial charge in [0.05, 0.1) is 25.8 Å². The first kappa shape index (κ1) is 24.8. The molecule has 0 saturated carbocycles. The van der Waals surface area contributed by atoms with E-state index in [1.54, 1.807) is 29.2 Å². The number of benzene rings is 2. The molecule has 0 aliphatic carbocycles. The third-order valence-electron chi connectivity index (χ3n) is 6.70. The predicted octanol–water partition coefficient (Wildman–Crippen LogP) is 1.33. The van der Waals surface area contributed by atoms with Crippen molar-refractivity contribution in [1.29, 1.82) is 0 Å². The van der Waals surface area contributed by atoms with Gasteiger partial charge in [0.2, 0.25) is 11.8 Å². The molecule has 9 heteroatoms. The molecule has 4 rings (SSSR count). The first-order valence-corrected chi connectivity index (χ1v) is 11.9. The summed E-state index contributed by atoms with van der Waals surface area (Å²) in [6.07, 6.45) is 0.448. The summed E-state index contributed by atoms with van der Waals surface area (Å²) < 4.78 is 5.33. The number of likely N-dealkylation sites (tertiary alicyclic amines) is 1. The van der Waals surface area contributed by atoms with Gasteiger partial charge in [-0.05, 0) is 44.3 Å². The van der Waals surface area contributed by atoms with Crippen LogP contribution in [-0.4, -0.2) is 91.4 Å². The number of nitrogens with zero attached hydrogens (tertiary/aromatic N) is 3. The summed E-state index contributed by atoms with van der Waals surface area (Å²) in [5.74, 6) is -0.975. The van der Waals surface area contributed by atoms with E-state index in [2.05, 4.69) is 5.32 Å². The third kappa shape index (κ3) is 5.70. The standard InChI is InChI=1S/C26H33N5O4/c1-29(2)21-16-22(25(27)33)31(24(21)18-7-4-3-5-8-18)26(34)19-9-6-10-20(15-19)28-23(32)17-30-11-13-35-14-12-30/h3-10,15,21-22,24H,11-14,16-17H2,1-2H3,(H2,27,33)(H,28,32)/t21-,22+,24+/m1/s1. The summed E-state index contributed by atoms with van der Waals surface area (Å²) in [6.45, 7) is 2.92. The van der Waals surface area contributed by atoms with Crippen LogP contribution in [0.3, 0.4) is 0 Å². The Morgan fingerprint density at radius 1 is 1.06 bits per heavy atom. The largest absolute Gasteiger partial charge is 0.379 e. The highest BCUT2D eigenvalue weighted by Crippen LogP contribution is 2.39. The Morgan fingerprint density at radius 3 is 2.43 bits per heavy atom. The molecule has 35 heavy (non-hydrogen) atoms. The van der Waals surface area contributed by atoms with Crippen LogP contribution in [0.4, 0.5) is 5.69 Å². The summed E-state index contributed by atoms with van der Waals surface area (Å²) in [6, 6.07) is 15.4. The average molecular weight is 480 g/mol. The Morgan fingerprint density at radius 2 is 1.77 bits per heavy atom. The first-order valence-electron chi connectivity index (χ1n) is 11.9. The van der Waals surface area contributed by atoms with Crippen LogP contribution >= 0.6 is 0 Å². The lowest BCUT2D eigenvalue weighted by molar-refractivity contribution is -0.122. The Kier molecular flexibility index (Phi) is 7.80. The highest BCUT2D eigenvalue weighted by Gasteiger charge is 2.48. The van der Waals surface area contributed by atoms with E-state index in [9.17, 15) is 14.4 Å². The van der Waals surface area contributed by atoms with Gasteiger partial charge in [-0.2, -0.15) is 0 Å². The summed E-state index contributed by atoms with van der Waals surface area (Å²) in [7, 11) is 3.88. The van der Waals surface area contributed by atoms with E-state index >= 15 is 0 Å². The molecule has 3 N–H and O–H groups in total. The fourth-order valence-corrected chi connectivity index (χ4v) is 4.94. The van der Waals surface area contributed by atoms with E-state index in [-0.39, 0.29) is 30.4 Å². The highest BCUT2D eigenvalue weighted by molar-refractivity contribution is 6.00. The third-order valence-corrected chi connectivity index (χ3v) is 6.70. The van der Waals surface area contributed by atoms with Crippen molar-refractivity contribution in [3.05, 3.63) is 65.7 Å². The number of ether oxygens (including phenoxy) is 1. The quantitative estimate of drug-likeness (QED) is 0.620. The molecule has 2 aliphatic heterocycles. The molecule has 0 aromatic heterocycles. The second kappa shape index (κ2) is 11.0. The van der Waals surface area contributed by atoms with Gasteiger partial charge >= 0.3 is 0 Å². The molecule has 2 fully saturated rings. The zero-order valence-corrected chi connectivity index (χ0v) is 20.2. The highest BCUT2D eigenvalue weighted by atomic mass is 16.5. The predicted molar refractivity (Wildman–Crippen MR) is 133 cm³/mol. The average Bonchev–Trinajstić information content (AvgIpc) is 3.26. The maximum Gasteiger partial charge on any atom is 0.255 e. The fraction of sp³-hybridized carbons (Fsp3) is 0.423. The molecule has 0 unspecified atom stereocenters. The van der Waals surface area contributed by atoms with E-state index < -0.39 is 11.9 Å². The molecule has 186 valence electrons. The van der Waals surface area contributed by atoms with E-state index in [1.165, 1.54) is 0 Å². The molecule has 3 atom stereocenters. The molecule has 0 spiro atoms. The number of hydrogen-bond acceptors (Lipinski definition) is 6. The van der Waals surface area contributed by atoms with Gasteiger partial charge in [0.25, 0.3) is 5.91 Å². The normalized spacial score (nSPS) is 22.8. The van der Waals surface area contributed by atoms with Crippen molar-refractivity contribution in [2.75, 3.05) is 52.3 Å². The lowest BCUT2D eigenvalue weighted by Crippen LogP contribution is -2.45. The van der Waals surface area contributed by atoms with Crippen molar-refractivity contribution in [2.24, 2.45) is 5.73 Å². The van der Waals surface area contributed by atoms with Crippen LogP contribution in [0, 0.1) is 0 Å². The van der Waals surface area contributed by atoms with Crippen molar-refractivity contribution in [2.45, 2.75) is 24.5 Å². The van der Waals surface area contributed by atoms with E-state index in [0.717, 1.165) is 5.56 Å². The maximum atomic E-state index is 13.8. The molecule has 3 amide bonds. The zero-order valence-electron chi connectivity index (χ0n) is 20.2. The van der Waals surface area contributed by atoms with Crippen LogP contribution in [-0.2, 0) is 14.3 Å². The first-order chi connectivity index (χ1) is 16.8. The van der Waals surface area contributed by atoms with Gasteiger partial charge in [-0.1, -0.05) is 36.4 Å². The van der Waals surface area contributed by atoms with Crippen molar-refractivity contribution in [3.8, 4) is 0 Å². The van der Waals surface area contributed by atoms with Gasteiger partial charge in [-0.15, -0.1) is 0 Å². The molecule has 9 nitrogen and oxygen atoms in total. The zero-order chi connectivity index (χ0) is 24.9. The lowest BCUT2D eigenvalue weighted by Gasteiger charge is -2.33. The van der Waals surface area contributed by atoms with Gasteiger partial charge in [-0.3, -0.25) is 19.3 Å². The van der Waals surface area contributed by atoms with Crippen LogP contribution in [0.2, 0.25) is 0 Å². The van der Waals surface area contributed by atoms with Crippen LogP contribution in [0.5, 0.6) is 0 Å². The van der Waals surface area contributed by atoms with E-state index in [4.69, 9.17) is 10.5 Å². The summed E-state index contributed by atoms with van der Waals surface area (Å²) in [5, 5.41) is 2.89. The summed E-state index contributed by atoms with van der Waals surface area (Å²) in [5.41, 5.74) is 7.63. The number of primary amides is 1. The fourth-order valence-electron chi connectivity index (χ4n) is 4.94. The molecule has 0 bridgehead atoms. The number of hydrogen-bond donors (Lipinski definition) is 2. The van der Waals surface area contributed by atoms with Gasteiger partial charge < -0.3 is 25.6 Å². The Bertz CT molecular complexity index is 1050. The lowest BCUT2D eigenvalue weighted by atomic mass is 9.98. The monoisotopic (exact) mass is 479 g/mol. The van der Waals surface area contributed by atoms with Gasteiger partial charge in [0.1, 0.15) is 6.04 Å². The van der Waals surface area contributed by atoms with Gasteiger partial charge in [0, 0.05) is 30.4 Å². The number of carbonyl (C=O) groups excluding carboxylic acids is 3. The molecular formula is C26H33N5O4. The van der Waals surface area contributed by atoms with Crippen LogP contribution in [0.15, 0.2) is 54.6 Å². The van der Waals surface area contributed by atoms with Crippen LogP contribution in [0.1, 0.15) is 28.4 Å². The molecular weight excluding hydrogens is 446 g/mol. The topological polar surface area (TPSA) is 108 Å². The molecule has 2 aromatic rings. The maximum absolute atomic E-state index is 13.8. The number of nitrogens with one attached hydrogen (secondary N) is 1. The number of carbonyl (C=O) groups is 3. The van der Waals surface area contributed by atoms with Crippen LogP contribution < -0.4 is 11.1 Å². The minimum Gasteiger partial charge on any atom is -0.379 e. The van der Waals surface area contributed by atoms with Crippen molar-refractivity contribution < 1.29 is 19.1 Å². The minimum absolute atomic E-state index is 0.0738. The number of rotatable bonds is 7. The van der Waals surface area contributed by atoms with Gasteiger partial charge in [0.15, 0.2) is 0 Å². The van der Waals surface area contributed by atoms with Crippen molar-refractivity contribution in [3.63, 3.8) is 0 Å². The molecule has 2 aliphatic rings.